The van der Waals surface area contributed by atoms with Crippen molar-refractivity contribution < 1.29 is 4.79 Å². The predicted octanol–water partition coefficient (Wildman–Crippen LogP) is 3.35. The average Bonchev–Trinajstić information content (AvgIpc) is 3.20. The Labute approximate surface area is 165 Å². The highest BCUT2D eigenvalue weighted by Crippen LogP contribution is 2.43. The Bertz CT molecular complexity index is 979. The topological polar surface area (TPSA) is 63.1 Å². The summed E-state index contributed by atoms with van der Waals surface area (Å²) in [5.74, 6) is 2.12. The van der Waals surface area contributed by atoms with Gasteiger partial charge in [-0.1, -0.05) is 25.2 Å². The van der Waals surface area contributed by atoms with Crippen LogP contribution in [0.15, 0.2) is 48.3 Å². The van der Waals surface area contributed by atoms with E-state index in [2.05, 4.69) is 45.0 Å². The molecule has 1 aliphatic carbocycles. The molecule has 0 atom stereocenters. The van der Waals surface area contributed by atoms with Crippen molar-refractivity contribution in [3.63, 3.8) is 0 Å². The Kier molecular flexibility index (Phi) is 4.07. The summed E-state index contributed by atoms with van der Waals surface area (Å²) in [6.07, 6.45) is 14.5. The Morgan fingerprint density at radius 2 is 2.11 bits per heavy atom. The molecule has 0 unspecified atom stereocenters. The van der Waals surface area contributed by atoms with E-state index in [0.717, 1.165) is 68.1 Å². The van der Waals surface area contributed by atoms with Gasteiger partial charge in [0.1, 0.15) is 5.82 Å². The number of aryl methyl sites for hydroxylation is 1. The van der Waals surface area contributed by atoms with Gasteiger partial charge < -0.3 is 10.2 Å². The SMILES string of the molecule is CCc1ncc2n1-c1ncccc1NC21CCN(C(=O)C2=CCCC=C2)CC1. The van der Waals surface area contributed by atoms with Gasteiger partial charge in [0.2, 0.25) is 0 Å². The summed E-state index contributed by atoms with van der Waals surface area (Å²) in [4.78, 5) is 24.2. The molecule has 2 aromatic heterocycles. The van der Waals surface area contributed by atoms with Crippen LogP contribution < -0.4 is 5.32 Å². The van der Waals surface area contributed by atoms with Crippen molar-refractivity contribution in [2.24, 2.45) is 0 Å². The van der Waals surface area contributed by atoms with E-state index in [-0.39, 0.29) is 11.4 Å². The molecule has 1 saturated heterocycles. The number of amides is 1. The number of aromatic nitrogens is 3. The van der Waals surface area contributed by atoms with Crippen LogP contribution in [-0.4, -0.2) is 38.4 Å². The minimum atomic E-state index is -0.204. The van der Waals surface area contributed by atoms with Gasteiger partial charge in [-0.2, -0.15) is 0 Å². The number of carbonyl (C=O) groups is 1. The van der Waals surface area contributed by atoms with Crippen LogP contribution in [-0.2, 0) is 16.8 Å². The molecule has 6 nitrogen and oxygen atoms in total. The third kappa shape index (κ3) is 2.58. The largest absolute Gasteiger partial charge is 0.371 e. The maximum absolute atomic E-state index is 12.9. The van der Waals surface area contributed by atoms with Crippen LogP contribution in [0.1, 0.15) is 44.1 Å². The molecule has 0 aromatic carbocycles. The van der Waals surface area contributed by atoms with Crippen LogP contribution in [0.2, 0.25) is 0 Å². The number of pyridine rings is 1. The van der Waals surface area contributed by atoms with Crippen molar-refractivity contribution >= 4 is 11.6 Å². The fourth-order valence-corrected chi connectivity index (χ4v) is 4.64. The van der Waals surface area contributed by atoms with Crippen molar-refractivity contribution in [3.05, 3.63) is 59.8 Å². The Balaban J connectivity index is 1.45. The van der Waals surface area contributed by atoms with E-state index >= 15 is 0 Å². The van der Waals surface area contributed by atoms with Crippen molar-refractivity contribution in [1.82, 2.24) is 19.4 Å². The number of carbonyl (C=O) groups excluding carboxylic acids is 1. The highest BCUT2D eigenvalue weighted by atomic mass is 16.2. The lowest BCUT2D eigenvalue weighted by molar-refractivity contribution is -0.128. The number of fused-ring (bicyclic) bond motifs is 4. The number of anilines is 1. The maximum Gasteiger partial charge on any atom is 0.253 e. The number of nitrogens with zero attached hydrogens (tertiary/aromatic N) is 4. The van der Waals surface area contributed by atoms with Gasteiger partial charge in [0.25, 0.3) is 5.91 Å². The second-order valence-electron chi connectivity index (χ2n) is 7.76. The molecule has 144 valence electrons. The number of piperidine rings is 1. The van der Waals surface area contributed by atoms with Gasteiger partial charge in [-0.15, -0.1) is 0 Å². The molecule has 1 N–H and O–H groups in total. The van der Waals surface area contributed by atoms with Crippen molar-refractivity contribution in [2.75, 3.05) is 18.4 Å². The summed E-state index contributed by atoms with van der Waals surface area (Å²) in [5.41, 5.74) is 2.84. The van der Waals surface area contributed by atoms with Crippen molar-refractivity contribution in [2.45, 2.75) is 44.6 Å². The highest BCUT2D eigenvalue weighted by molar-refractivity contribution is 5.96. The van der Waals surface area contributed by atoms with Crippen LogP contribution >= 0.6 is 0 Å². The summed E-state index contributed by atoms with van der Waals surface area (Å²) >= 11 is 0. The molecule has 4 heterocycles. The Morgan fingerprint density at radius 3 is 2.86 bits per heavy atom. The molecule has 6 heteroatoms. The molecular formula is C22H25N5O. The van der Waals surface area contributed by atoms with Crippen molar-refractivity contribution in [3.8, 4) is 5.82 Å². The molecule has 2 aromatic rings. The zero-order valence-electron chi connectivity index (χ0n) is 16.2. The molecule has 1 fully saturated rings. The second kappa shape index (κ2) is 6.62. The van der Waals surface area contributed by atoms with E-state index in [1.807, 2.05) is 29.4 Å². The summed E-state index contributed by atoms with van der Waals surface area (Å²) in [6.45, 7) is 3.60. The van der Waals surface area contributed by atoms with E-state index in [9.17, 15) is 4.79 Å². The molecular weight excluding hydrogens is 350 g/mol. The van der Waals surface area contributed by atoms with Crippen LogP contribution in [0.4, 0.5) is 5.69 Å². The lowest BCUT2D eigenvalue weighted by Gasteiger charge is -2.45. The number of imidazole rings is 1. The smallest absolute Gasteiger partial charge is 0.253 e. The fraction of sp³-hybridized carbons (Fsp3) is 0.409. The Morgan fingerprint density at radius 1 is 1.25 bits per heavy atom. The standard InChI is InChI=1S/C22H25N5O/c1-2-19-24-15-18-22(25-17-9-6-12-23-20(17)27(18)19)10-13-26(14-11-22)21(28)16-7-4-3-5-8-16/h4,6-9,12,15,25H,2-3,5,10-11,13-14H2,1H3. The van der Waals surface area contributed by atoms with E-state index in [0.29, 0.717) is 0 Å². The number of hydrogen-bond donors (Lipinski definition) is 1. The normalized spacial score (nSPS) is 19.6. The fourth-order valence-electron chi connectivity index (χ4n) is 4.64. The van der Waals surface area contributed by atoms with Crippen LogP contribution in [0.5, 0.6) is 0 Å². The third-order valence-corrected chi connectivity index (χ3v) is 6.16. The van der Waals surface area contributed by atoms with Crippen LogP contribution in [0, 0.1) is 0 Å². The first-order valence-electron chi connectivity index (χ1n) is 10.2. The highest BCUT2D eigenvalue weighted by Gasteiger charge is 2.44. The molecule has 28 heavy (non-hydrogen) atoms. The number of rotatable bonds is 2. The van der Waals surface area contributed by atoms with Gasteiger partial charge in [0.15, 0.2) is 5.82 Å². The first-order chi connectivity index (χ1) is 13.7. The number of nitrogens with one attached hydrogen (secondary N) is 1. The van der Waals surface area contributed by atoms with Gasteiger partial charge in [0, 0.05) is 31.3 Å². The zero-order valence-corrected chi connectivity index (χ0v) is 16.2. The second-order valence-corrected chi connectivity index (χ2v) is 7.76. The molecule has 0 bridgehead atoms. The number of likely N-dealkylation sites (tertiary alicyclic amines) is 1. The quantitative estimate of drug-likeness (QED) is 0.874. The minimum absolute atomic E-state index is 0.159. The van der Waals surface area contributed by atoms with E-state index in [1.54, 1.807) is 0 Å². The van der Waals surface area contributed by atoms with Gasteiger partial charge in [-0.05, 0) is 37.8 Å². The molecule has 1 spiro atoms. The summed E-state index contributed by atoms with van der Waals surface area (Å²) < 4.78 is 2.22. The van der Waals surface area contributed by atoms with E-state index in [4.69, 9.17) is 0 Å². The van der Waals surface area contributed by atoms with Crippen molar-refractivity contribution in [1.29, 1.82) is 0 Å². The van der Waals surface area contributed by atoms with E-state index < -0.39 is 0 Å². The van der Waals surface area contributed by atoms with Crippen LogP contribution in [0.25, 0.3) is 5.82 Å². The first kappa shape index (κ1) is 17.2. The van der Waals surface area contributed by atoms with Gasteiger partial charge in [-0.3, -0.25) is 9.36 Å². The Hall–Kier alpha value is -2.89. The minimum Gasteiger partial charge on any atom is -0.371 e. The number of allylic oxidation sites excluding steroid dienone is 2. The third-order valence-electron chi connectivity index (χ3n) is 6.16. The molecule has 0 saturated carbocycles. The van der Waals surface area contributed by atoms with Gasteiger partial charge in [0.05, 0.1) is 23.1 Å². The van der Waals surface area contributed by atoms with Gasteiger partial charge in [-0.25, -0.2) is 9.97 Å². The number of hydrogen-bond acceptors (Lipinski definition) is 4. The molecule has 0 radical (unpaired) electrons. The molecule has 1 amide bonds. The average molecular weight is 375 g/mol. The first-order valence-corrected chi connectivity index (χ1v) is 10.2. The lowest BCUT2D eigenvalue weighted by Crippen LogP contribution is -2.51. The van der Waals surface area contributed by atoms with Crippen LogP contribution in [0.3, 0.4) is 0 Å². The zero-order chi connectivity index (χ0) is 19.1. The monoisotopic (exact) mass is 375 g/mol. The lowest BCUT2D eigenvalue weighted by atomic mass is 9.82. The molecule has 2 aliphatic heterocycles. The predicted molar refractivity (Wildman–Crippen MR) is 108 cm³/mol. The summed E-state index contributed by atoms with van der Waals surface area (Å²) in [7, 11) is 0. The van der Waals surface area contributed by atoms with Gasteiger partial charge >= 0.3 is 0 Å². The summed E-state index contributed by atoms with van der Waals surface area (Å²) in [6, 6.07) is 4.05. The molecule has 3 aliphatic rings. The molecule has 5 rings (SSSR count). The van der Waals surface area contributed by atoms with E-state index in [1.165, 1.54) is 5.69 Å². The maximum atomic E-state index is 12.9. The summed E-state index contributed by atoms with van der Waals surface area (Å²) in [5, 5.41) is 3.76.